The zero-order chi connectivity index (χ0) is 22.4. The second-order valence-corrected chi connectivity index (χ2v) is 7.21. The molecule has 0 aliphatic carbocycles. The molecule has 0 radical (unpaired) electrons. The molecular weight excluding hydrogens is 428 g/mol. The van der Waals surface area contributed by atoms with E-state index in [0.717, 1.165) is 23.5 Å². The van der Waals surface area contributed by atoms with Gasteiger partial charge in [-0.3, -0.25) is 9.48 Å². The summed E-state index contributed by atoms with van der Waals surface area (Å²) in [6.07, 6.45) is 3.40. The second-order valence-electron chi connectivity index (χ2n) is 6.26. The number of anilines is 1. The number of hydrogen-bond donors (Lipinski definition) is 1. The van der Waals surface area contributed by atoms with E-state index in [4.69, 9.17) is 4.74 Å². The van der Waals surface area contributed by atoms with E-state index < -0.39 is 6.61 Å². The smallest absolute Gasteiger partial charge is 0.387 e. The van der Waals surface area contributed by atoms with Crippen LogP contribution < -0.4 is 14.8 Å². The SMILES string of the molecule is CCn1ncc(-c2ccnc(SCC(=O)Nc3ccc(OC(F)F)c(OC)c3)n2)c1C. The average Bonchev–Trinajstić information content (AvgIpc) is 3.13. The van der Waals surface area contributed by atoms with Crippen LogP contribution in [0.5, 0.6) is 11.5 Å². The van der Waals surface area contributed by atoms with Crippen molar-refractivity contribution in [1.82, 2.24) is 19.7 Å². The summed E-state index contributed by atoms with van der Waals surface area (Å²) in [4.78, 5) is 21.0. The summed E-state index contributed by atoms with van der Waals surface area (Å²) < 4.78 is 36.1. The number of alkyl halides is 2. The molecule has 8 nitrogen and oxygen atoms in total. The summed E-state index contributed by atoms with van der Waals surface area (Å²) in [6.45, 7) is 1.78. The molecule has 2 aromatic heterocycles. The van der Waals surface area contributed by atoms with Gasteiger partial charge in [-0.15, -0.1) is 0 Å². The first-order chi connectivity index (χ1) is 14.9. The average molecular weight is 449 g/mol. The third-order valence-corrected chi connectivity index (χ3v) is 5.17. The van der Waals surface area contributed by atoms with Crippen LogP contribution in [0.2, 0.25) is 0 Å². The molecule has 0 saturated heterocycles. The number of nitrogens with zero attached hydrogens (tertiary/aromatic N) is 4. The Kier molecular flexibility index (Phi) is 7.40. The van der Waals surface area contributed by atoms with Crippen LogP contribution in [0.15, 0.2) is 41.8 Å². The lowest BCUT2D eigenvalue weighted by atomic mass is 10.2. The number of carbonyl (C=O) groups is 1. The first kappa shape index (κ1) is 22.5. The number of aryl methyl sites for hydroxylation is 1. The standard InChI is InChI=1S/C20H21F2N5O3S/c1-4-27-12(2)14(10-24-27)15-7-8-23-20(26-15)31-11-18(28)25-13-5-6-16(30-19(21)22)17(9-13)29-3/h5-10,19H,4,11H2,1-3H3,(H,25,28). The van der Waals surface area contributed by atoms with E-state index in [2.05, 4.69) is 25.1 Å². The Bertz CT molecular complexity index is 1060. The van der Waals surface area contributed by atoms with Crippen LogP contribution in [-0.4, -0.2) is 45.1 Å². The summed E-state index contributed by atoms with van der Waals surface area (Å²) in [5.74, 6) is -0.269. The Labute approximate surface area is 182 Å². The predicted molar refractivity (Wildman–Crippen MR) is 113 cm³/mol. The number of hydrogen-bond acceptors (Lipinski definition) is 7. The van der Waals surface area contributed by atoms with Crippen molar-refractivity contribution in [2.24, 2.45) is 0 Å². The molecule has 3 rings (SSSR count). The molecule has 1 N–H and O–H groups in total. The molecule has 164 valence electrons. The van der Waals surface area contributed by atoms with Crippen LogP contribution >= 0.6 is 11.8 Å². The maximum Gasteiger partial charge on any atom is 0.387 e. The molecule has 2 heterocycles. The van der Waals surface area contributed by atoms with Gasteiger partial charge in [0.05, 0.1) is 24.8 Å². The maximum atomic E-state index is 12.4. The molecule has 1 aromatic carbocycles. The molecule has 0 saturated carbocycles. The van der Waals surface area contributed by atoms with Crippen molar-refractivity contribution in [1.29, 1.82) is 0 Å². The summed E-state index contributed by atoms with van der Waals surface area (Å²) in [7, 11) is 1.32. The molecule has 11 heteroatoms. The van der Waals surface area contributed by atoms with Gasteiger partial charge >= 0.3 is 6.61 Å². The van der Waals surface area contributed by atoms with Crippen LogP contribution in [0.1, 0.15) is 12.6 Å². The molecule has 1 amide bonds. The Hall–Kier alpha value is -3.21. The third-order valence-electron chi connectivity index (χ3n) is 4.31. The Morgan fingerprint density at radius 1 is 1.29 bits per heavy atom. The lowest BCUT2D eigenvalue weighted by molar-refractivity contribution is -0.113. The molecule has 3 aromatic rings. The lowest BCUT2D eigenvalue weighted by Crippen LogP contribution is -2.14. The van der Waals surface area contributed by atoms with Crippen LogP contribution in [0, 0.1) is 6.92 Å². The highest BCUT2D eigenvalue weighted by Gasteiger charge is 2.14. The quantitative estimate of drug-likeness (QED) is 0.390. The van der Waals surface area contributed by atoms with Gasteiger partial charge < -0.3 is 14.8 Å². The van der Waals surface area contributed by atoms with Crippen LogP contribution in [0.3, 0.4) is 0 Å². The number of nitrogens with one attached hydrogen (secondary N) is 1. The number of halogens is 2. The molecule has 0 spiro atoms. The minimum absolute atomic E-state index is 0.0637. The fourth-order valence-corrected chi connectivity index (χ4v) is 3.47. The topological polar surface area (TPSA) is 91.2 Å². The van der Waals surface area contributed by atoms with Gasteiger partial charge in [0.1, 0.15) is 0 Å². The van der Waals surface area contributed by atoms with Crippen LogP contribution in [0.4, 0.5) is 14.5 Å². The highest BCUT2D eigenvalue weighted by molar-refractivity contribution is 7.99. The molecule has 31 heavy (non-hydrogen) atoms. The first-order valence-corrected chi connectivity index (χ1v) is 10.3. The van der Waals surface area contributed by atoms with Gasteiger partial charge in [0.15, 0.2) is 16.7 Å². The number of aromatic nitrogens is 4. The Morgan fingerprint density at radius 3 is 2.77 bits per heavy atom. The van der Waals surface area contributed by atoms with Crippen molar-refractivity contribution in [2.45, 2.75) is 32.2 Å². The van der Waals surface area contributed by atoms with Gasteiger partial charge in [-0.1, -0.05) is 11.8 Å². The minimum Gasteiger partial charge on any atom is -0.493 e. The number of carbonyl (C=O) groups excluding carboxylic acids is 1. The largest absolute Gasteiger partial charge is 0.493 e. The zero-order valence-electron chi connectivity index (χ0n) is 17.1. The second kappa shape index (κ2) is 10.2. The summed E-state index contributed by atoms with van der Waals surface area (Å²) >= 11 is 1.18. The highest BCUT2D eigenvalue weighted by atomic mass is 32.2. The third kappa shape index (κ3) is 5.69. The lowest BCUT2D eigenvalue weighted by Gasteiger charge is -2.12. The highest BCUT2D eigenvalue weighted by Crippen LogP contribution is 2.31. The fraction of sp³-hybridized carbons (Fsp3) is 0.300. The molecule has 0 aliphatic heterocycles. The summed E-state index contributed by atoms with van der Waals surface area (Å²) in [6, 6.07) is 5.96. The predicted octanol–water partition coefficient (Wildman–Crippen LogP) is 4.01. The molecule has 0 atom stereocenters. The first-order valence-electron chi connectivity index (χ1n) is 9.32. The van der Waals surface area contributed by atoms with Gasteiger partial charge in [-0.2, -0.15) is 13.9 Å². The molecule has 0 bridgehead atoms. The normalized spacial score (nSPS) is 10.9. The van der Waals surface area contributed by atoms with E-state index in [1.54, 1.807) is 18.5 Å². The monoisotopic (exact) mass is 449 g/mol. The van der Waals surface area contributed by atoms with Gasteiger partial charge in [0.2, 0.25) is 5.91 Å². The van der Waals surface area contributed by atoms with E-state index >= 15 is 0 Å². The van der Waals surface area contributed by atoms with E-state index in [1.807, 2.05) is 18.5 Å². The van der Waals surface area contributed by atoms with E-state index in [9.17, 15) is 13.6 Å². The van der Waals surface area contributed by atoms with Gasteiger partial charge in [0.25, 0.3) is 0 Å². The summed E-state index contributed by atoms with van der Waals surface area (Å²) in [5, 5.41) is 7.46. The van der Waals surface area contributed by atoms with Gasteiger partial charge in [-0.05, 0) is 32.0 Å². The number of rotatable bonds is 9. The van der Waals surface area contributed by atoms with Crippen molar-refractivity contribution in [3.05, 3.63) is 42.4 Å². The van der Waals surface area contributed by atoms with Gasteiger partial charge in [0, 0.05) is 35.8 Å². The maximum absolute atomic E-state index is 12.4. The van der Waals surface area contributed by atoms with E-state index in [0.29, 0.717) is 10.8 Å². The Morgan fingerprint density at radius 2 is 2.10 bits per heavy atom. The minimum atomic E-state index is -2.97. The molecular formula is C20H21F2N5O3S. The number of amides is 1. The fourth-order valence-electron chi connectivity index (χ4n) is 2.84. The number of methoxy groups -OCH3 is 1. The number of thioether (sulfide) groups is 1. The van der Waals surface area contributed by atoms with Crippen molar-refractivity contribution >= 4 is 23.4 Å². The number of benzene rings is 1. The zero-order valence-corrected chi connectivity index (χ0v) is 17.9. The molecule has 0 unspecified atom stereocenters. The molecule has 0 aliphatic rings. The summed E-state index contributed by atoms with van der Waals surface area (Å²) in [5.41, 5.74) is 3.03. The van der Waals surface area contributed by atoms with Crippen molar-refractivity contribution < 1.29 is 23.0 Å². The van der Waals surface area contributed by atoms with Crippen molar-refractivity contribution in [3.63, 3.8) is 0 Å². The number of ether oxygens (including phenoxy) is 2. The van der Waals surface area contributed by atoms with E-state index in [-0.39, 0.29) is 23.2 Å². The molecule has 0 fully saturated rings. The van der Waals surface area contributed by atoms with E-state index in [1.165, 1.54) is 37.1 Å². The van der Waals surface area contributed by atoms with Crippen molar-refractivity contribution in [3.8, 4) is 22.8 Å². The van der Waals surface area contributed by atoms with Crippen LogP contribution in [-0.2, 0) is 11.3 Å². The van der Waals surface area contributed by atoms with Crippen LogP contribution in [0.25, 0.3) is 11.3 Å². The Balaban J connectivity index is 1.63. The van der Waals surface area contributed by atoms with Gasteiger partial charge in [-0.25, -0.2) is 9.97 Å². The van der Waals surface area contributed by atoms with Crippen molar-refractivity contribution in [2.75, 3.05) is 18.2 Å².